The first kappa shape index (κ1) is 11.3. The highest BCUT2D eigenvalue weighted by atomic mass is 32.1. The second kappa shape index (κ2) is 4.48. The molecule has 18 heavy (non-hydrogen) atoms. The Kier molecular flexibility index (Phi) is 2.81. The molecule has 0 radical (unpaired) electrons. The van der Waals surface area contributed by atoms with Crippen molar-refractivity contribution in [3.63, 3.8) is 0 Å². The van der Waals surface area contributed by atoms with E-state index >= 15 is 0 Å². The minimum absolute atomic E-state index is 0.684. The monoisotopic (exact) mass is 256 g/mol. The number of rotatable bonds is 2. The lowest BCUT2D eigenvalue weighted by atomic mass is 10.0. The van der Waals surface area contributed by atoms with E-state index in [1.54, 1.807) is 12.4 Å². The summed E-state index contributed by atoms with van der Waals surface area (Å²) in [6.07, 6.45) is 2.86. The molecule has 2 aromatic heterocycles. The van der Waals surface area contributed by atoms with Crippen molar-refractivity contribution in [2.75, 3.05) is 0 Å². The van der Waals surface area contributed by atoms with E-state index in [0.717, 1.165) is 27.0 Å². The van der Waals surface area contributed by atoms with Gasteiger partial charge in [-0.2, -0.15) is 0 Å². The van der Waals surface area contributed by atoms with E-state index in [4.69, 9.17) is 0 Å². The predicted molar refractivity (Wildman–Crippen MR) is 72.7 cm³/mol. The molecule has 90 valence electrons. The van der Waals surface area contributed by atoms with Gasteiger partial charge in [-0.1, -0.05) is 18.2 Å². The van der Waals surface area contributed by atoms with Crippen LogP contribution in [0.2, 0.25) is 0 Å². The van der Waals surface area contributed by atoms with Gasteiger partial charge in [0.25, 0.3) is 0 Å². The number of aliphatic hydroxyl groups is 1. The first-order valence-electron chi connectivity index (χ1n) is 5.68. The number of aliphatic hydroxyl groups excluding tert-OH is 1. The molecule has 1 aromatic carbocycles. The maximum absolute atomic E-state index is 10.4. The lowest BCUT2D eigenvalue weighted by Gasteiger charge is -2.10. The molecule has 1 N–H and O–H groups in total. The zero-order chi connectivity index (χ0) is 12.5. The summed E-state index contributed by atoms with van der Waals surface area (Å²) in [5, 5.41) is 15.1. The summed E-state index contributed by atoms with van der Waals surface area (Å²) < 4.78 is 0. The number of hydrogen-bond acceptors (Lipinski definition) is 4. The molecule has 0 saturated heterocycles. The van der Waals surface area contributed by atoms with E-state index in [0.29, 0.717) is 0 Å². The van der Waals surface area contributed by atoms with Crippen LogP contribution in [-0.4, -0.2) is 15.1 Å². The van der Waals surface area contributed by atoms with Gasteiger partial charge in [0.15, 0.2) is 0 Å². The van der Waals surface area contributed by atoms with Crippen LogP contribution in [-0.2, 0) is 0 Å². The lowest BCUT2D eigenvalue weighted by Crippen LogP contribution is -2.00. The van der Waals surface area contributed by atoms with Gasteiger partial charge in [0.05, 0.1) is 0 Å². The van der Waals surface area contributed by atoms with Crippen LogP contribution in [0.25, 0.3) is 10.8 Å². The standard InChI is InChI=1S/C14H12N2OS/c1-9-8-18-14(16-9)13(17)11-4-2-3-10-5-6-15-7-12(10)11/h2-8,13,17H,1H3. The highest BCUT2D eigenvalue weighted by Gasteiger charge is 2.16. The maximum Gasteiger partial charge on any atom is 0.131 e. The molecule has 0 spiro atoms. The molecule has 0 fully saturated rings. The number of pyridine rings is 1. The van der Waals surface area contributed by atoms with E-state index in [1.807, 2.05) is 36.6 Å². The van der Waals surface area contributed by atoms with Crippen molar-refractivity contribution in [1.82, 2.24) is 9.97 Å². The first-order valence-corrected chi connectivity index (χ1v) is 6.56. The Morgan fingerprint density at radius 3 is 2.94 bits per heavy atom. The molecule has 3 aromatic rings. The summed E-state index contributed by atoms with van der Waals surface area (Å²) in [5.41, 5.74) is 1.79. The molecule has 2 heterocycles. The summed E-state index contributed by atoms with van der Waals surface area (Å²) in [6, 6.07) is 7.83. The predicted octanol–water partition coefficient (Wildman–Crippen LogP) is 3.08. The number of fused-ring (bicyclic) bond motifs is 1. The third-order valence-corrected chi connectivity index (χ3v) is 3.90. The molecule has 1 unspecified atom stereocenters. The maximum atomic E-state index is 10.4. The van der Waals surface area contributed by atoms with E-state index in [9.17, 15) is 5.11 Å². The Morgan fingerprint density at radius 2 is 2.17 bits per heavy atom. The molecule has 0 aliphatic heterocycles. The van der Waals surface area contributed by atoms with Gasteiger partial charge >= 0.3 is 0 Å². The van der Waals surface area contributed by atoms with Crippen molar-refractivity contribution in [2.45, 2.75) is 13.0 Å². The average Bonchev–Trinajstić information content (AvgIpc) is 2.84. The van der Waals surface area contributed by atoms with Crippen molar-refractivity contribution >= 4 is 22.1 Å². The number of aromatic nitrogens is 2. The van der Waals surface area contributed by atoms with Crippen molar-refractivity contribution in [3.05, 3.63) is 58.3 Å². The van der Waals surface area contributed by atoms with Gasteiger partial charge in [-0.25, -0.2) is 4.98 Å². The van der Waals surface area contributed by atoms with Crippen LogP contribution < -0.4 is 0 Å². The molecule has 3 nitrogen and oxygen atoms in total. The summed E-state index contributed by atoms with van der Waals surface area (Å²) >= 11 is 1.48. The van der Waals surface area contributed by atoms with Gasteiger partial charge in [-0.05, 0) is 23.9 Å². The fourth-order valence-electron chi connectivity index (χ4n) is 2.01. The van der Waals surface area contributed by atoms with Gasteiger partial charge in [0, 0.05) is 28.9 Å². The smallest absolute Gasteiger partial charge is 0.131 e. The van der Waals surface area contributed by atoms with Gasteiger partial charge in [-0.3, -0.25) is 4.98 Å². The summed E-state index contributed by atoms with van der Waals surface area (Å²) in [5.74, 6) is 0. The Balaban J connectivity index is 2.14. The highest BCUT2D eigenvalue weighted by molar-refractivity contribution is 7.09. The SMILES string of the molecule is Cc1csc(C(O)c2cccc3ccncc23)n1. The summed E-state index contributed by atoms with van der Waals surface area (Å²) in [6.45, 7) is 1.93. The van der Waals surface area contributed by atoms with Crippen molar-refractivity contribution in [1.29, 1.82) is 0 Å². The van der Waals surface area contributed by atoms with Gasteiger partial charge in [0.2, 0.25) is 0 Å². The number of aryl methyl sites for hydroxylation is 1. The van der Waals surface area contributed by atoms with Crippen molar-refractivity contribution in [3.8, 4) is 0 Å². The molecular weight excluding hydrogens is 244 g/mol. The van der Waals surface area contributed by atoms with Crippen LogP contribution in [0.15, 0.2) is 42.0 Å². The first-order chi connectivity index (χ1) is 8.75. The molecule has 0 saturated carbocycles. The Hall–Kier alpha value is -1.78. The third kappa shape index (κ3) is 1.89. The van der Waals surface area contributed by atoms with Crippen LogP contribution in [0.3, 0.4) is 0 Å². The molecule has 3 rings (SSSR count). The second-order valence-electron chi connectivity index (χ2n) is 4.17. The van der Waals surface area contributed by atoms with Crippen LogP contribution in [0.1, 0.15) is 22.4 Å². The average molecular weight is 256 g/mol. The number of hydrogen-bond donors (Lipinski definition) is 1. The van der Waals surface area contributed by atoms with Gasteiger partial charge < -0.3 is 5.11 Å². The largest absolute Gasteiger partial charge is 0.381 e. The lowest BCUT2D eigenvalue weighted by molar-refractivity contribution is 0.221. The Bertz CT molecular complexity index is 688. The van der Waals surface area contributed by atoms with Gasteiger partial charge in [0.1, 0.15) is 11.1 Å². The van der Waals surface area contributed by atoms with Crippen LogP contribution in [0.4, 0.5) is 0 Å². The summed E-state index contributed by atoms with van der Waals surface area (Å²) in [7, 11) is 0. The number of benzene rings is 1. The highest BCUT2D eigenvalue weighted by Crippen LogP contribution is 2.29. The molecule has 0 aliphatic rings. The normalized spacial score (nSPS) is 12.8. The molecule has 0 amide bonds. The van der Waals surface area contributed by atoms with Crippen molar-refractivity contribution in [2.24, 2.45) is 0 Å². The van der Waals surface area contributed by atoms with E-state index in [2.05, 4.69) is 9.97 Å². The second-order valence-corrected chi connectivity index (χ2v) is 5.06. The van der Waals surface area contributed by atoms with Crippen LogP contribution >= 0.6 is 11.3 Å². The van der Waals surface area contributed by atoms with Crippen LogP contribution in [0.5, 0.6) is 0 Å². The molecule has 0 aliphatic carbocycles. The van der Waals surface area contributed by atoms with Gasteiger partial charge in [-0.15, -0.1) is 11.3 Å². The van der Waals surface area contributed by atoms with E-state index in [-0.39, 0.29) is 0 Å². The van der Waals surface area contributed by atoms with E-state index < -0.39 is 6.10 Å². The Labute approximate surface area is 109 Å². The zero-order valence-corrected chi connectivity index (χ0v) is 10.7. The minimum atomic E-state index is -0.684. The fraction of sp³-hybridized carbons (Fsp3) is 0.143. The fourth-order valence-corrected chi connectivity index (χ4v) is 2.80. The number of nitrogens with zero attached hydrogens (tertiary/aromatic N) is 2. The quantitative estimate of drug-likeness (QED) is 0.766. The van der Waals surface area contributed by atoms with Crippen LogP contribution in [0, 0.1) is 6.92 Å². The molecule has 1 atom stereocenters. The zero-order valence-electron chi connectivity index (χ0n) is 9.87. The molecule has 0 bridgehead atoms. The number of thiazole rings is 1. The third-order valence-electron chi connectivity index (χ3n) is 2.88. The van der Waals surface area contributed by atoms with Crippen molar-refractivity contribution < 1.29 is 5.11 Å². The minimum Gasteiger partial charge on any atom is -0.381 e. The topological polar surface area (TPSA) is 46.0 Å². The molecule has 4 heteroatoms. The summed E-state index contributed by atoms with van der Waals surface area (Å²) in [4.78, 5) is 8.47. The van der Waals surface area contributed by atoms with E-state index in [1.165, 1.54) is 11.3 Å². The molecular formula is C14H12N2OS. The Morgan fingerprint density at radius 1 is 1.28 bits per heavy atom.